The lowest BCUT2D eigenvalue weighted by molar-refractivity contribution is 0.553. The summed E-state index contributed by atoms with van der Waals surface area (Å²) in [5.74, 6) is 0. The first kappa shape index (κ1) is 28.0. The fraction of sp³-hybridized carbons (Fsp3) is 1.00. The molecule has 0 atom stereocenters. The summed E-state index contributed by atoms with van der Waals surface area (Å²) in [6.07, 6.45) is 29.3. The van der Waals surface area contributed by atoms with Gasteiger partial charge in [0, 0.05) is 12.3 Å². The second-order valence-corrected chi connectivity index (χ2v) is 16.4. The van der Waals surface area contributed by atoms with Crippen molar-refractivity contribution in [3.8, 4) is 0 Å². The van der Waals surface area contributed by atoms with Gasteiger partial charge in [-0.2, -0.15) is 0 Å². The van der Waals surface area contributed by atoms with E-state index in [0.717, 1.165) is 12.3 Å². The smallest absolute Gasteiger partial charge is 0.143 e. The van der Waals surface area contributed by atoms with Gasteiger partial charge in [0.1, 0.15) is 4.78 Å². The van der Waals surface area contributed by atoms with E-state index in [4.69, 9.17) is 0 Å². The van der Waals surface area contributed by atoms with Crippen LogP contribution >= 0.6 is 26.8 Å². The molecule has 0 aliphatic heterocycles. The van der Waals surface area contributed by atoms with Crippen LogP contribution in [0.1, 0.15) is 142 Å². The minimum absolute atomic E-state index is 0.988. The molecule has 0 aliphatic rings. The highest BCUT2D eigenvalue weighted by atomic mass is 127. The van der Waals surface area contributed by atoms with Crippen molar-refractivity contribution < 1.29 is 4.57 Å². The summed E-state index contributed by atoms with van der Waals surface area (Å²) in [5.41, 5.74) is 0. The second-order valence-electron chi connectivity index (χ2n) is 8.60. The van der Waals surface area contributed by atoms with E-state index in [-0.39, 0.29) is 0 Å². The molecule has 0 saturated carbocycles. The molecular weight excluding hydrogens is 462 g/mol. The average molecular weight is 513 g/mol. The molecule has 0 aliphatic carbocycles. The Kier molecular flexibility index (Phi) is 22.4. The lowest BCUT2D eigenvalue weighted by Gasteiger charge is -2.11. The van der Waals surface area contributed by atoms with E-state index in [0.29, 0.717) is 0 Å². The van der Waals surface area contributed by atoms with Crippen LogP contribution in [0.2, 0.25) is 0 Å². The van der Waals surface area contributed by atoms with Gasteiger partial charge in [0.15, 0.2) is 0 Å². The van der Waals surface area contributed by atoms with Crippen LogP contribution < -0.4 is 0 Å². The number of hydrogen-bond donors (Lipinski definition) is 0. The van der Waals surface area contributed by atoms with Crippen LogP contribution in [0, 0.1) is 0 Å². The van der Waals surface area contributed by atoms with E-state index >= 15 is 0 Å². The van der Waals surface area contributed by atoms with Gasteiger partial charge in [0.2, 0.25) is 0 Å². The highest BCUT2D eigenvalue weighted by Gasteiger charge is 2.16. The lowest BCUT2D eigenvalue weighted by atomic mass is 10.1. The van der Waals surface area contributed by atoms with Gasteiger partial charge in [0.25, 0.3) is 0 Å². The van der Waals surface area contributed by atoms with Gasteiger partial charge in [0.05, 0.1) is 0 Å². The van der Waals surface area contributed by atoms with Crippen molar-refractivity contribution in [3.05, 3.63) is 0 Å². The van der Waals surface area contributed by atoms with Crippen LogP contribution in [-0.2, 0) is 4.57 Å². The van der Waals surface area contributed by atoms with Crippen LogP contribution in [0.15, 0.2) is 0 Å². The number of unbranched alkanes of at least 4 members (excludes halogenated alkanes) is 18. The van der Waals surface area contributed by atoms with E-state index in [1.54, 1.807) is 0 Å². The summed E-state index contributed by atoms with van der Waals surface area (Å²) < 4.78 is 12.7. The van der Waals surface area contributed by atoms with Gasteiger partial charge in [-0.25, -0.2) is 0 Å². The van der Waals surface area contributed by atoms with Crippen molar-refractivity contribution in [1.29, 1.82) is 0 Å². The fourth-order valence-electron chi connectivity index (χ4n) is 3.78. The first-order valence-electron chi connectivity index (χ1n) is 12.4. The minimum Gasteiger partial charge on any atom is -0.313 e. The monoisotopic (exact) mass is 512 g/mol. The van der Waals surface area contributed by atoms with E-state index in [2.05, 4.69) is 35.9 Å². The summed E-state index contributed by atoms with van der Waals surface area (Å²) >= 11 is 2.31. The van der Waals surface area contributed by atoms with Gasteiger partial charge in [-0.3, -0.25) is 0 Å². The van der Waals surface area contributed by atoms with E-state index in [9.17, 15) is 4.57 Å². The maximum atomic E-state index is 12.7. The average Bonchev–Trinajstić information content (AvgIpc) is 2.64. The molecule has 27 heavy (non-hydrogen) atoms. The third-order valence-corrected chi connectivity index (χ3v) is 10.6. The molecule has 0 unspecified atom stereocenters. The van der Waals surface area contributed by atoms with Crippen molar-refractivity contribution in [2.45, 2.75) is 142 Å². The Bertz CT molecular complexity index is 304. The molecule has 0 radical (unpaired) electrons. The summed E-state index contributed by atoms with van der Waals surface area (Å²) in [4.78, 5) is -1.87. The summed E-state index contributed by atoms with van der Waals surface area (Å²) in [6, 6.07) is 0. The maximum absolute atomic E-state index is 12.7. The van der Waals surface area contributed by atoms with Crippen LogP contribution in [0.3, 0.4) is 0 Å². The van der Waals surface area contributed by atoms with E-state index in [1.165, 1.54) is 128 Å². The van der Waals surface area contributed by atoms with Crippen LogP contribution in [0.25, 0.3) is 0 Å². The third-order valence-electron chi connectivity index (χ3n) is 5.69. The van der Waals surface area contributed by atoms with E-state index in [1.807, 2.05) is 0 Å². The van der Waals surface area contributed by atoms with Gasteiger partial charge < -0.3 is 4.57 Å². The van der Waals surface area contributed by atoms with Crippen molar-refractivity contribution in [2.75, 3.05) is 12.3 Å². The zero-order chi connectivity index (χ0) is 20.1. The molecule has 0 spiro atoms. The molecule has 0 rings (SSSR count). The van der Waals surface area contributed by atoms with Crippen molar-refractivity contribution in [2.24, 2.45) is 0 Å². The second kappa shape index (κ2) is 21.7. The lowest BCUT2D eigenvalue weighted by Crippen LogP contribution is -1.92. The Hall–Kier alpha value is 0.960. The van der Waals surface area contributed by atoms with Crippen LogP contribution in [-0.4, -0.2) is 12.3 Å². The standard InChI is InChI=1S/C24H50IOP/c1-3-5-7-9-11-13-15-17-19-21-23-27(25,26)24-22-20-18-16-14-12-10-8-6-4-2/h3-24H2,1-2H3. The van der Waals surface area contributed by atoms with Crippen LogP contribution in [0.4, 0.5) is 0 Å². The third kappa shape index (κ3) is 23.1. The van der Waals surface area contributed by atoms with Gasteiger partial charge >= 0.3 is 0 Å². The number of halogens is 1. The predicted octanol–water partition coefficient (Wildman–Crippen LogP) is 10.5. The first-order chi connectivity index (χ1) is 13.1. The van der Waals surface area contributed by atoms with Crippen molar-refractivity contribution >= 4 is 26.8 Å². The molecule has 3 heteroatoms. The highest BCUT2D eigenvalue weighted by molar-refractivity contribution is 14.2. The molecule has 164 valence electrons. The van der Waals surface area contributed by atoms with Gasteiger partial charge in [-0.1, -0.05) is 129 Å². The van der Waals surface area contributed by atoms with E-state index < -0.39 is 4.78 Å². The summed E-state index contributed by atoms with van der Waals surface area (Å²) in [5, 5.41) is 0. The molecule has 0 bridgehead atoms. The number of hydrogen-bond acceptors (Lipinski definition) is 1. The highest BCUT2D eigenvalue weighted by Crippen LogP contribution is 2.55. The first-order valence-corrected chi connectivity index (χ1v) is 17.3. The predicted molar refractivity (Wildman–Crippen MR) is 135 cm³/mol. The maximum Gasteiger partial charge on any atom is 0.143 e. The largest absolute Gasteiger partial charge is 0.313 e. The van der Waals surface area contributed by atoms with Gasteiger partial charge in [-0.05, 0) is 34.9 Å². The SMILES string of the molecule is CCCCCCCCCCCCP(=O)(I)CCCCCCCCCCCC. The molecule has 0 fully saturated rings. The molecule has 1 nitrogen and oxygen atoms in total. The molecule has 0 aromatic rings. The molecule has 0 saturated heterocycles. The van der Waals surface area contributed by atoms with Crippen molar-refractivity contribution in [3.63, 3.8) is 0 Å². The summed E-state index contributed by atoms with van der Waals surface area (Å²) in [7, 11) is 0. The zero-order valence-corrected chi connectivity index (χ0v) is 21.8. The fourth-order valence-corrected chi connectivity index (χ4v) is 7.44. The summed E-state index contributed by atoms with van der Waals surface area (Å²) in [6.45, 7) is 4.56. The Morgan fingerprint density at radius 1 is 0.444 bits per heavy atom. The Labute approximate surface area is 185 Å². The number of rotatable bonds is 22. The molecule has 0 amide bonds. The Morgan fingerprint density at radius 2 is 0.667 bits per heavy atom. The molecule has 0 heterocycles. The van der Waals surface area contributed by atoms with Gasteiger partial charge in [-0.15, -0.1) is 0 Å². The Balaban J connectivity index is 3.32. The Morgan fingerprint density at radius 3 is 0.926 bits per heavy atom. The quantitative estimate of drug-likeness (QED) is 0.0801. The van der Waals surface area contributed by atoms with Crippen molar-refractivity contribution in [1.82, 2.24) is 0 Å². The zero-order valence-electron chi connectivity index (χ0n) is 18.8. The normalized spacial score (nSPS) is 12.0. The minimum atomic E-state index is -1.87. The topological polar surface area (TPSA) is 17.1 Å². The molecule has 0 aromatic carbocycles. The molecular formula is C24H50IOP. The molecule has 0 aromatic heterocycles. The molecule has 0 N–H and O–H groups in total. The van der Waals surface area contributed by atoms with Crippen LogP contribution in [0.5, 0.6) is 0 Å².